The average molecular weight is 273 g/mol. The van der Waals surface area contributed by atoms with E-state index in [1.54, 1.807) is 0 Å². The fourth-order valence-corrected chi connectivity index (χ4v) is 2.05. The number of unbranched alkanes of at least 4 members (excludes halogenated alkanes) is 4. The van der Waals surface area contributed by atoms with Gasteiger partial charge in [0.05, 0.1) is 0 Å². The van der Waals surface area contributed by atoms with Gasteiger partial charge in [-0.05, 0) is 17.8 Å². The van der Waals surface area contributed by atoms with Gasteiger partial charge in [0.15, 0.2) is 0 Å². The second kappa shape index (κ2) is 20.3. The van der Waals surface area contributed by atoms with Crippen LogP contribution in [0.1, 0.15) is 107 Å². The molecule has 19 heavy (non-hydrogen) atoms. The minimum Gasteiger partial charge on any atom is -0.0683 e. The lowest BCUT2D eigenvalue weighted by Gasteiger charge is -2.22. The molecule has 0 amide bonds. The van der Waals surface area contributed by atoms with Crippen LogP contribution < -0.4 is 0 Å². The highest BCUT2D eigenvalue weighted by molar-refractivity contribution is 4.64. The maximum atomic E-state index is 2.37. The smallest absolute Gasteiger partial charge is 0.0394 e. The second-order valence-electron chi connectivity index (χ2n) is 5.93. The molecule has 0 aliphatic heterocycles. The van der Waals surface area contributed by atoms with E-state index in [1.165, 1.54) is 44.9 Å². The van der Waals surface area contributed by atoms with Crippen molar-refractivity contribution in [2.45, 2.75) is 107 Å². The van der Waals surface area contributed by atoms with E-state index < -0.39 is 0 Å². The van der Waals surface area contributed by atoms with Crippen LogP contribution in [0.15, 0.2) is 0 Å². The monoisotopic (exact) mass is 272 g/mol. The Morgan fingerprint density at radius 2 is 1.05 bits per heavy atom. The Morgan fingerprint density at radius 1 is 0.632 bits per heavy atom. The van der Waals surface area contributed by atoms with Crippen molar-refractivity contribution in [1.82, 2.24) is 0 Å². The Morgan fingerprint density at radius 3 is 1.32 bits per heavy atom. The van der Waals surface area contributed by atoms with Gasteiger partial charge in [-0.1, -0.05) is 107 Å². The van der Waals surface area contributed by atoms with Crippen LogP contribution in [0.2, 0.25) is 0 Å². The molecule has 0 heterocycles. The third kappa shape index (κ3) is 20.5. The third-order valence-corrected chi connectivity index (χ3v) is 3.90. The van der Waals surface area contributed by atoms with Crippen LogP contribution in [0.25, 0.3) is 0 Å². The zero-order valence-electron chi connectivity index (χ0n) is 15.7. The highest BCUT2D eigenvalue weighted by Gasteiger charge is 2.13. The lowest BCUT2D eigenvalue weighted by Crippen LogP contribution is -2.13. The molecule has 0 aliphatic rings. The Balaban J connectivity index is -0.000000249. The van der Waals surface area contributed by atoms with Crippen LogP contribution in [0.5, 0.6) is 0 Å². The molecule has 0 aliphatic carbocycles. The van der Waals surface area contributed by atoms with Crippen molar-refractivity contribution in [3.8, 4) is 0 Å². The number of rotatable bonds is 8. The summed E-state index contributed by atoms with van der Waals surface area (Å²) in [5.74, 6) is 2.64. The molecule has 0 radical (unpaired) electrons. The Hall–Kier alpha value is 0. The van der Waals surface area contributed by atoms with Crippen LogP contribution in [0, 0.1) is 17.8 Å². The first kappa shape index (κ1) is 24.0. The van der Waals surface area contributed by atoms with Gasteiger partial charge in [-0.3, -0.25) is 0 Å². The van der Waals surface area contributed by atoms with Gasteiger partial charge in [-0.15, -0.1) is 0 Å². The summed E-state index contributed by atoms with van der Waals surface area (Å²) in [4.78, 5) is 0. The summed E-state index contributed by atoms with van der Waals surface area (Å²) in [5, 5.41) is 0. The minimum atomic E-state index is 0.849. The quantitative estimate of drug-likeness (QED) is 0.397. The Bertz CT molecular complexity index is 122. The van der Waals surface area contributed by atoms with E-state index in [-0.39, 0.29) is 0 Å². The molecule has 0 N–H and O–H groups in total. The summed E-state index contributed by atoms with van der Waals surface area (Å²) >= 11 is 0. The van der Waals surface area contributed by atoms with Crippen molar-refractivity contribution in [2.24, 2.45) is 17.8 Å². The summed E-state index contributed by atoms with van der Waals surface area (Å²) in [5.41, 5.74) is 0. The number of hydrogen-bond donors (Lipinski definition) is 0. The van der Waals surface area contributed by atoms with Crippen molar-refractivity contribution >= 4 is 0 Å². The first-order valence-electron chi connectivity index (χ1n) is 9.01. The lowest BCUT2D eigenvalue weighted by atomic mass is 9.84. The normalized spacial score (nSPS) is 12.9. The minimum absolute atomic E-state index is 0.849. The molecule has 2 unspecified atom stereocenters. The molecule has 2 atom stereocenters. The molecule has 0 heteroatoms. The topological polar surface area (TPSA) is 0 Å². The van der Waals surface area contributed by atoms with Crippen molar-refractivity contribution in [2.75, 3.05) is 0 Å². The standard InChI is InChI=1S/C10H22.C7H16.C2H6/c1-6-7-9(4)10(5)8(2)3;1-3-5-7-6-4-2;1-2/h8-10H,6-7H2,1-5H3;3-7H2,1-2H3;1-2H3. The van der Waals surface area contributed by atoms with E-state index in [1.807, 2.05) is 13.8 Å². The van der Waals surface area contributed by atoms with E-state index in [2.05, 4.69) is 48.5 Å². The molecule has 0 saturated heterocycles. The van der Waals surface area contributed by atoms with Crippen molar-refractivity contribution < 1.29 is 0 Å². The van der Waals surface area contributed by atoms with Crippen LogP contribution in [-0.2, 0) is 0 Å². The molecule has 0 rings (SSSR count). The molecule has 0 spiro atoms. The zero-order chi connectivity index (χ0) is 15.7. The van der Waals surface area contributed by atoms with Gasteiger partial charge in [0.1, 0.15) is 0 Å². The molecule has 0 aromatic heterocycles. The summed E-state index contributed by atoms with van der Waals surface area (Å²) in [6.07, 6.45) is 9.73. The van der Waals surface area contributed by atoms with E-state index in [9.17, 15) is 0 Å². The van der Waals surface area contributed by atoms with Gasteiger partial charge in [0.2, 0.25) is 0 Å². The summed E-state index contributed by atoms with van der Waals surface area (Å²) in [6.45, 7) is 20.1. The molecular weight excluding hydrogens is 228 g/mol. The summed E-state index contributed by atoms with van der Waals surface area (Å²) in [7, 11) is 0. The molecule has 0 nitrogen and oxygen atoms in total. The first-order valence-corrected chi connectivity index (χ1v) is 9.01. The van der Waals surface area contributed by atoms with Gasteiger partial charge >= 0.3 is 0 Å². The molecule has 0 aromatic carbocycles. The zero-order valence-corrected chi connectivity index (χ0v) is 15.7. The molecule has 0 saturated carbocycles. The number of hydrogen-bond acceptors (Lipinski definition) is 0. The van der Waals surface area contributed by atoms with E-state index in [0.29, 0.717) is 0 Å². The first-order chi connectivity index (χ1) is 9.01. The Kier molecular flexibility index (Phi) is 25.7. The van der Waals surface area contributed by atoms with Crippen molar-refractivity contribution in [3.63, 3.8) is 0 Å². The van der Waals surface area contributed by atoms with E-state index in [0.717, 1.165) is 17.8 Å². The molecule has 0 aromatic rings. The maximum absolute atomic E-state index is 2.37. The SMILES string of the molecule is CC.CCCC(C)C(C)C(C)C.CCCCCCC. The predicted molar refractivity (Wildman–Crippen MR) is 93.9 cm³/mol. The highest BCUT2D eigenvalue weighted by atomic mass is 14.2. The fraction of sp³-hybridized carbons (Fsp3) is 1.00. The maximum Gasteiger partial charge on any atom is -0.0394 e. The van der Waals surface area contributed by atoms with Gasteiger partial charge in [-0.25, -0.2) is 0 Å². The van der Waals surface area contributed by atoms with Gasteiger partial charge in [0.25, 0.3) is 0 Å². The van der Waals surface area contributed by atoms with Gasteiger partial charge in [-0.2, -0.15) is 0 Å². The van der Waals surface area contributed by atoms with Crippen molar-refractivity contribution in [1.29, 1.82) is 0 Å². The van der Waals surface area contributed by atoms with Crippen molar-refractivity contribution in [3.05, 3.63) is 0 Å². The molecule has 0 fully saturated rings. The average Bonchev–Trinajstić information content (AvgIpc) is 2.41. The van der Waals surface area contributed by atoms with Crippen LogP contribution in [-0.4, -0.2) is 0 Å². The molecular formula is C19H44. The molecule has 120 valence electrons. The van der Waals surface area contributed by atoms with Crippen LogP contribution >= 0.6 is 0 Å². The Labute approximate surface area is 125 Å². The largest absolute Gasteiger partial charge is 0.0683 e. The summed E-state index contributed by atoms with van der Waals surface area (Å²) < 4.78 is 0. The lowest BCUT2D eigenvalue weighted by molar-refractivity contribution is 0.280. The molecule has 0 bridgehead atoms. The van der Waals surface area contributed by atoms with Crippen LogP contribution in [0.3, 0.4) is 0 Å². The van der Waals surface area contributed by atoms with Gasteiger partial charge < -0.3 is 0 Å². The highest BCUT2D eigenvalue weighted by Crippen LogP contribution is 2.23. The third-order valence-electron chi connectivity index (χ3n) is 3.90. The summed E-state index contributed by atoms with van der Waals surface area (Å²) in [6, 6.07) is 0. The van der Waals surface area contributed by atoms with E-state index in [4.69, 9.17) is 0 Å². The second-order valence-corrected chi connectivity index (χ2v) is 5.93. The van der Waals surface area contributed by atoms with E-state index >= 15 is 0 Å². The van der Waals surface area contributed by atoms with Crippen LogP contribution in [0.4, 0.5) is 0 Å². The predicted octanol–water partition coefficient (Wildman–Crippen LogP) is 7.72. The fourth-order valence-electron chi connectivity index (χ4n) is 2.05. The van der Waals surface area contributed by atoms with Gasteiger partial charge in [0, 0.05) is 0 Å².